The summed E-state index contributed by atoms with van der Waals surface area (Å²) in [6.45, 7) is 0.363. The normalized spacial score (nSPS) is 16.4. The van der Waals surface area contributed by atoms with E-state index in [-0.39, 0.29) is 36.6 Å². The van der Waals surface area contributed by atoms with Crippen LogP contribution in [-0.4, -0.2) is 35.1 Å². The van der Waals surface area contributed by atoms with Gasteiger partial charge in [-0.2, -0.15) is 0 Å². The predicted molar refractivity (Wildman–Crippen MR) is 70.2 cm³/mol. The molecule has 7 nitrogen and oxygen atoms in total. The molecule has 0 atom stereocenters. The molecular weight excluding hydrogens is 308 g/mol. The Labute approximate surface area is 123 Å². The molecule has 0 spiro atoms. The summed E-state index contributed by atoms with van der Waals surface area (Å²) >= 11 is 5.95. The number of nitrogens with one attached hydrogen (secondary N) is 2. The third-order valence-electron chi connectivity index (χ3n) is 2.89. The van der Waals surface area contributed by atoms with Crippen LogP contribution in [0.5, 0.6) is 0 Å². The second-order valence-electron chi connectivity index (χ2n) is 4.28. The lowest BCUT2D eigenvalue weighted by Gasteiger charge is -2.33. The summed E-state index contributed by atoms with van der Waals surface area (Å²) in [5, 5.41) is 8.96. The van der Waals surface area contributed by atoms with Gasteiger partial charge in [0.15, 0.2) is 0 Å². The number of pyridine rings is 1. The van der Waals surface area contributed by atoms with Crippen LogP contribution in [0.1, 0.15) is 23.3 Å². The maximum atomic E-state index is 13.0. The number of piperidine rings is 1. The molecule has 0 unspecified atom stereocenters. The Morgan fingerprint density at radius 3 is 2.38 bits per heavy atom. The molecule has 1 aromatic rings. The highest BCUT2D eigenvalue weighted by molar-refractivity contribution is 6.33. The van der Waals surface area contributed by atoms with Gasteiger partial charge in [-0.3, -0.25) is 0 Å². The van der Waals surface area contributed by atoms with E-state index in [1.165, 1.54) is 12.3 Å². The van der Waals surface area contributed by atoms with E-state index in [1.54, 1.807) is 4.90 Å². The lowest BCUT2D eigenvalue weighted by atomic mass is 10.1. The fourth-order valence-corrected chi connectivity index (χ4v) is 2.12. The standard InChI is InChI=1S/C11H11ClF2N2O2.H2N3/c12-7-5-8(10(17)18)15-6-9(7)16-3-1-11(13,14)2-4-16;1-3-2/h5-6H,1-4H2,(H,17,18);1-2H/q;+1. The Hall–Kier alpha value is -2.12. The molecule has 10 heteroatoms. The Bertz CT molecular complexity index is 554. The second kappa shape index (κ2) is 7.05. The number of carboxylic acids is 1. The van der Waals surface area contributed by atoms with Crippen LogP contribution in [0.4, 0.5) is 14.5 Å². The molecule has 0 bridgehead atoms. The molecule has 2 heterocycles. The van der Waals surface area contributed by atoms with E-state index in [1.807, 2.05) is 4.91 Å². The van der Waals surface area contributed by atoms with Gasteiger partial charge in [0.2, 0.25) is 4.91 Å². The van der Waals surface area contributed by atoms with Gasteiger partial charge in [-0.05, 0) is 6.07 Å². The number of nitrogens with zero attached hydrogens (tertiary/aromatic N) is 3. The summed E-state index contributed by atoms with van der Waals surface area (Å²) in [4.78, 5) is 18.1. The molecule has 1 saturated heterocycles. The molecule has 0 radical (unpaired) electrons. The molecule has 0 amide bonds. The van der Waals surface area contributed by atoms with Gasteiger partial charge in [0.05, 0.1) is 16.9 Å². The summed E-state index contributed by atoms with van der Waals surface area (Å²) in [7, 11) is 0. The van der Waals surface area contributed by atoms with E-state index in [4.69, 9.17) is 27.8 Å². The molecule has 0 aromatic carbocycles. The van der Waals surface area contributed by atoms with E-state index in [9.17, 15) is 13.6 Å². The van der Waals surface area contributed by atoms with E-state index < -0.39 is 11.9 Å². The number of rotatable bonds is 2. The maximum absolute atomic E-state index is 13.0. The van der Waals surface area contributed by atoms with Crippen molar-refractivity contribution in [3.8, 4) is 0 Å². The van der Waals surface area contributed by atoms with Crippen LogP contribution in [0, 0.1) is 11.1 Å². The Morgan fingerprint density at radius 2 is 1.95 bits per heavy atom. The van der Waals surface area contributed by atoms with Gasteiger partial charge < -0.3 is 10.0 Å². The van der Waals surface area contributed by atoms with E-state index in [0.29, 0.717) is 5.69 Å². The quantitative estimate of drug-likeness (QED) is 0.574. The zero-order valence-electron chi connectivity index (χ0n) is 10.8. The number of hydrogen-bond acceptors (Lipinski definition) is 5. The number of hydrogen-bond donors (Lipinski definition) is 3. The fraction of sp³-hybridized carbons (Fsp3) is 0.455. The number of aromatic carboxylic acids is 1. The van der Waals surface area contributed by atoms with Crippen LogP contribution in [0.25, 0.3) is 0 Å². The number of aromatic nitrogens is 1. The summed E-state index contributed by atoms with van der Waals surface area (Å²) in [6.07, 6.45) is 0.850. The first-order valence-electron chi connectivity index (χ1n) is 5.85. The minimum Gasteiger partial charge on any atom is -0.477 e. The van der Waals surface area contributed by atoms with Gasteiger partial charge in [-0.25, -0.2) is 18.6 Å². The Kier molecular flexibility index (Phi) is 5.69. The zero-order chi connectivity index (χ0) is 16.0. The molecule has 1 fully saturated rings. The molecule has 1 aromatic heterocycles. The van der Waals surface area contributed by atoms with Crippen LogP contribution < -0.4 is 9.81 Å². The second-order valence-corrected chi connectivity index (χ2v) is 4.69. The third-order valence-corrected chi connectivity index (χ3v) is 3.19. The SMILES string of the molecule is N=[N+]=N.O=C(O)c1cc(Cl)c(N2CCC(F)(F)CC2)cn1. The third kappa shape index (κ3) is 4.73. The topological polar surface area (TPSA) is 115 Å². The monoisotopic (exact) mass is 320 g/mol. The van der Waals surface area contributed by atoms with Crippen molar-refractivity contribution in [3.63, 3.8) is 0 Å². The lowest BCUT2D eigenvalue weighted by molar-refractivity contribution is -0.0220. The van der Waals surface area contributed by atoms with Crippen LogP contribution in [0.15, 0.2) is 12.3 Å². The van der Waals surface area contributed by atoms with Gasteiger partial charge in [0, 0.05) is 25.9 Å². The van der Waals surface area contributed by atoms with Crippen molar-refractivity contribution in [3.05, 3.63) is 23.0 Å². The van der Waals surface area contributed by atoms with E-state index in [0.717, 1.165) is 0 Å². The maximum Gasteiger partial charge on any atom is 0.354 e. The lowest BCUT2D eigenvalue weighted by Crippen LogP contribution is -2.39. The molecular formula is C11H13ClF2N5O2+. The molecule has 1 aliphatic heterocycles. The Morgan fingerprint density at radius 1 is 1.43 bits per heavy atom. The minimum absolute atomic E-state index is 0.161. The number of halogens is 3. The van der Waals surface area contributed by atoms with E-state index in [2.05, 4.69) is 4.98 Å². The predicted octanol–water partition coefficient (Wildman–Crippen LogP) is 2.78. The highest BCUT2D eigenvalue weighted by atomic mass is 35.5. The molecule has 3 N–H and O–H groups in total. The van der Waals surface area contributed by atoms with E-state index >= 15 is 0 Å². The van der Waals surface area contributed by atoms with Crippen LogP contribution in [-0.2, 0) is 0 Å². The van der Waals surface area contributed by atoms with Gasteiger partial charge >= 0.3 is 5.97 Å². The van der Waals surface area contributed by atoms with Gasteiger partial charge in [-0.15, -0.1) is 0 Å². The molecule has 114 valence electrons. The first kappa shape index (κ1) is 16.9. The molecule has 0 aliphatic carbocycles. The number of alkyl halides is 2. The van der Waals surface area contributed by atoms with Crippen LogP contribution in [0.2, 0.25) is 5.02 Å². The molecule has 1 aliphatic rings. The first-order valence-corrected chi connectivity index (χ1v) is 6.23. The number of carbonyl (C=O) groups is 1. The van der Waals surface area contributed by atoms with Crippen LogP contribution in [0.3, 0.4) is 0 Å². The van der Waals surface area contributed by atoms with Crippen molar-refractivity contribution in [2.45, 2.75) is 18.8 Å². The molecule has 21 heavy (non-hydrogen) atoms. The molecule has 0 saturated carbocycles. The van der Waals surface area contributed by atoms with Crippen molar-refractivity contribution in [1.82, 2.24) is 9.90 Å². The fourth-order valence-electron chi connectivity index (χ4n) is 1.85. The summed E-state index contributed by atoms with van der Waals surface area (Å²) in [6, 6.07) is 1.23. The zero-order valence-corrected chi connectivity index (χ0v) is 11.6. The van der Waals surface area contributed by atoms with Gasteiger partial charge in [-0.1, -0.05) is 11.6 Å². The molecule has 2 rings (SSSR count). The average molecular weight is 321 g/mol. The minimum atomic E-state index is -2.63. The largest absolute Gasteiger partial charge is 0.477 e. The number of anilines is 1. The highest BCUT2D eigenvalue weighted by Gasteiger charge is 2.34. The van der Waals surface area contributed by atoms with Crippen molar-refractivity contribution < 1.29 is 18.7 Å². The van der Waals surface area contributed by atoms with Crippen molar-refractivity contribution in [1.29, 1.82) is 11.1 Å². The van der Waals surface area contributed by atoms with Gasteiger partial charge in [0.25, 0.3) is 5.92 Å². The summed E-state index contributed by atoms with van der Waals surface area (Å²) < 4.78 is 26.0. The van der Waals surface area contributed by atoms with Crippen molar-refractivity contribution >= 4 is 23.3 Å². The average Bonchev–Trinajstić information content (AvgIpc) is 2.40. The van der Waals surface area contributed by atoms with Gasteiger partial charge in [0.1, 0.15) is 16.8 Å². The van der Waals surface area contributed by atoms with Crippen molar-refractivity contribution in [2.75, 3.05) is 18.0 Å². The summed E-state index contributed by atoms with van der Waals surface area (Å²) in [5.74, 6) is -3.80. The highest BCUT2D eigenvalue weighted by Crippen LogP contribution is 2.33. The smallest absolute Gasteiger partial charge is 0.354 e. The summed E-state index contributed by atoms with van der Waals surface area (Å²) in [5.41, 5.74) is 11.3. The van der Waals surface area contributed by atoms with Crippen molar-refractivity contribution in [2.24, 2.45) is 0 Å². The number of carboxylic acid groups (broad SMARTS) is 1. The van der Waals surface area contributed by atoms with Crippen LogP contribution >= 0.6 is 11.6 Å². The first-order chi connectivity index (χ1) is 9.80. The Balaban J connectivity index is 0.000000677.